The number of fused-ring (bicyclic) bond motifs is 1. The molecule has 2 aliphatic heterocycles. The van der Waals surface area contributed by atoms with Gasteiger partial charge in [0.25, 0.3) is 5.91 Å². The van der Waals surface area contributed by atoms with Crippen molar-refractivity contribution in [3.05, 3.63) is 46.7 Å². The predicted molar refractivity (Wildman–Crippen MR) is 141 cm³/mol. The molecule has 0 radical (unpaired) electrons. The smallest absolute Gasteiger partial charge is 0.257 e. The highest BCUT2D eigenvalue weighted by Crippen LogP contribution is 2.37. The van der Waals surface area contributed by atoms with Crippen molar-refractivity contribution in [2.45, 2.75) is 39.5 Å². The molecule has 4 heterocycles. The summed E-state index contributed by atoms with van der Waals surface area (Å²) in [6.45, 7) is 7.17. The van der Waals surface area contributed by atoms with E-state index in [9.17, 15) is 9.59 Å². The Labute approximate surface area is 214 Å². The molecule has 1 N–H and O–H groups in total. The summed E-state index contributed by atoms with van der Waals surface area (Å²) in [7, 11) is 0. The van der Waals surface area contributed by atoms with Crippen molar-refractivity contribution in [3.63, 3.8) is 0 Å². The summed E-state index contributed by atoms with van der Waals surface area (Å²) < 4.78 is 4.52. The van der Waals surface area contributed by atoms with Gasteiger partial charge in [0, 0.05) is 49.0 Å². The lowest BCUT2D eigenvalue weighted by molar-refractivity contribution is -0.120. The van der Waals surface area contributed by atoms with E-state index < -0.39 is 0 Å². The molecule has 0 aliphatic carbocycles. The molecule has 1 aromatic carbocycles. The highest BCUT2D eigenvalue weighted by molar-refractivity contribution is 7.13. The number of likely N-dealkylation sites (tertiary alicyclic amines) is 1. The van der Waals surface area contributed by atoms with Crippen LogP contribution in [0.1, 0.15) is 48.7 Å². The number of hydrogen-bond acceptors (Lipinski definition) is 6. The fourth-order valence-electron chi connectivity index (χ4n) is 5.08. The van der Waals surface area contributed by atoms with E-state index in [4.69, 9.17) is 11.6 Å². The molecule has 0 unspecified atom stereocenters. The van der Waals surface area contributed by atoms with Crippen molar-refractivity contribution in [1.82, 2.24) is 14.3 Å². The second-order valence-corrected chi connectivity index (χ2v) is 10.9. The van der Waals surface area contributed by atoms with Gasteiger partial charge >= 0.3 is 0 Å². The predicted octanol–water partition coefficient (Wildman–Crippen LogP) is 5.38. The fraction of sp³-hybridized carbons (Fsp3) is 0.462. The zero-order chi connectivity index (χ0) is 24.5. The SMILES string of the molecule is Cc1nsc2ncc(C(=O)N3CCC(C)CC3)c(N3CCC(C(=O)Nc4cccc(Cl)c4)CC3)c12. The van der Waals surface area contributed by atoms with Gasteiger partial charge in [-0.1, -0.05) is 24.6 Å². The summed E-state index contributed by atoms with van der Waals surface area (Å²) in [5.41, 5.74) is 3.19. The molecule has 2 saturated heterocycles. The number of rotatable bonds is 4. The van der Waals surface area contributed by atoms with Crippen LogP contribution < -0.4 is 10.2 Å². The van der Waals surface area contributed by atoms with Gasteiger partial charge in [-0.25, -0.2) is 4.98 Å². The Kier molecular flexibility index (Phi) is 6.93. The zero-order valence-electron chi connectivity index (χ0n) is 20.1. The number of nitrogens with one attached hydrogen (secondary N) is 1. The molecule has 35 heavy (non-hydrogen) atoms. The van der Waals surface area contributed by atoms with Crippen molar-refractivity contribution >= 4 is 56.5 Å². The van der Waals surface area contributed by atoms with Crippen LogP contribution in [0, 0.1) is 18.8 Å². The minimum atomic E-state index is -0.0908. The van der Waals surface area contributed by atoms with Crippen LogP contribution in [-0.2, 0) is 4.79 Å². The van der Waals surface area contributed by atoms with Crippen LogP contribution in [-0.4, -0.2) is 52.3 Å². The quantitative estimate of drug-likeness (QED) is 0.508. The number of amides is 2. The molecule has 7 nitrogen and oxygen atoms in total. The first-order valence-electron chi connectivity index (χ1n) is 12.3. The van der Waals surface area contributed by atoms with Gasteiger partial charge in [0.1, 0.15) is 4.83 Å². The number of carbonyl (C=O) groups excluding carboxylic acids is 2. The molecule has 9 heteroatoms. The molecule has 3 aromatic rings. The molecular weight excluding hydrogens is 482 g/mol. The maximum absolute atomic E-state index is 13.6. The van der Waals surface area contributed by atoms with Crippen molar-refractivity contribution in [1.29, 1.82) is 0 Å². The standard InChI is InChI=1S/C26H30ClN5O2S/c1-16-6-10-32(11-7-16)26(34)21-15-28-25-22(17(2)30-35-25)23(21)31-12-8-18(9-13-31)24(33)29-20-5-3-4-19(27)14-20/h3-5,14-16,18H,6-13H2,1-2H3,(H,29,33). The van der Waals surface area contributed by atoms with Crippen LogP contribution in [0.5, 0.6) is 0 Å². The molecule has 2 aliphatic rings. The maximum atomic E-state index is 13.6. The van der Waals surface area contributed by atoms with Gasteiger partial charge < -0.3 is 15.1 Å². The Balaban J connectivity index is 1.36. The number of carbonyl (C=O) groups is 2. The van der Waals surface area contributed by atoms with Gasteiger partial charge in [-0.3, -0.25) is 9.59 Å². The molecule has 2 fully saturated rings. The molecular formula is C26H30ClN5O2S. The van der Waals surface area contributed by atoms with E-state index in [0.29, 0.717) is 48.1 Å². The number of anilines is 2. The monoisotopic (exact) mass is 511 g/mol. The second kappa shape index (κ2) is 10.1. The van der Waals surface area contributed by atoms with Gasteiger partial charge in [-0.15, -0.1) is 0 Å². The van der Waals surface area contributed by atoms with Gasteiger partial charge in [0.2, 0.25) is 5.91 Å². The zero-order valence-corrected chi connectivity index (χ0v) is 21.7. The first-order chi connectivity index (χ1) is 16.9. The molecule has 0 saturated carbocycles. The van der Waals surface area contributed by atoms with Crippen LogP contribution in [0.4, 0.5) is 11.4 Å². The van der Waals surface area contributed by atoms with Gasteiger partial charge in [-0.05, 0) is 68.3 Å². The van der Waals surface area contributed by atoms with Gasteiger partial charge in [-0.2, -0.15) is 4.37 Å². The first-order valence-corrected chi connectivity index (χ1v) is 13.4. The van der Waals surface area contributed by atoms with Crippen LogP contribution in [0.15, 0.2) is 30.5 Å². The fourth-order valence-corrected chi connectivity index (χ4v) is 6.02. The number of piperidine rings is 2. The Morgan fingerprint density at radius 1 is 1.11 bits per heavy atom. The average molecular weight is 512 g/mol. The van der Waals surface area contributed by atoms with Gasteiger partial charge in [0.15, 0.2) is 0 Å². The minimum absolute atomic E-state index is 0.0129. The van der Waals surface area contributed by atoms with Crippen molar-refractivity contribution in [3.8, 4) is 0 Å². The van der Waals surface area contributed by atoms with Crippen molar-refractivity contribution in [2.75, 3.05) is 36.4 Å². The number of aromatic nitrogens is 2. The van der Waals surface area contributed by atoms with Crippen LogP contribution >= 0.6 is 23.1 Å². The summed E-state index contributed by atoms with van der Waals surface area (Å²) in [5.74, 6) is 0.623. The number of benzene rings is 1. The van der Waals surface area contributed by atoms with Crippen molar-refractivity contribution in [2.24, 2.45) is 11.8 Å². The van der Waals surface area contributed by atoms with E-state index in [2.05, 4.69) is 26.5 Å². The average Bonchev–Trinajstić information content (AvgIpc) is 3.24. The summed E-state index contributed by atoms with van der Waals surface area (Å²) >= 11 is 7.43. The topological polar surface area (TPSA) is 78.4 Å². The number of aryl methyl sites for hydroxylation is 1. The van der Waals surface area contributed by atoms with Crippen LogP contribution in [0.25, 0.3) is 10.2 Å². The first kappa shape index (κ1) is 24.0. The van der Waals surface area contributed by atoms with Crippen molar-refractivity contribution < 1.29 is 9.59 Å². The Morgan fingerprint density at radius 3 is 2.57 bits per heavy atom. The molecule has 2 aromatic heterocycles. The third kappa shape index (κ3) is 5.00. The van der Waals surface area contributed by atoms with Crippen LogP contribution in [0.3, 0.4) is 0 Å². The van der Waals surface area contributed by atoms with E-state index in [0.717, 1.165) is 47.5 Å². The summed E-state index contributed by atoms with van der Waals surface area (Å²) in [6, 6.07) is 7.22. The van der Waals surface area contributed by atoms with E-state index in [1.165, 1.54) is 11.5 Å². The third-order valence-electron chi connectivity index (χ3n) is 7.22. The highest BCUT2D eigenvalue weighted by atomic mass is 35.5. The largest absolute Gasteiger partial charge is 0.370 e. The van der Waals surface area contributed by atoms with Gasteiger partial charge in [0.05, 0.1) is 22.3 Å². The number of halogens is 1. The summed E-state index contributed by atoms with van der Waals surface area (Å²) in [6.07, 6.45) is 5.21. The normalized spacial score (nSPS) is 17.7. The minimum Gasteiger partial charge on any atom is -0.370 e. The number of pyridine rings is 1. The van der Waals surface area contributed by atoms with E-state index in [1.807, 2.05) is 24.0 Å². The molecule has 0 bridgehead atoms. The molecule has 5 rings (SSSR count). The lowest BCUT2D eigenvalue weighted by Crippen LogP contribution is -2.41. The Hall–Kier alpha value is -2.71. The molecule has 184 valence electrons. The maximum Gasteiger partial charge on any atom is 0.257 e. The summed E-state index contributed by atoms with van der Waals surface area (Å²) in [5, 5.41) is 4.56. The molecule has 0 atom stereocenters. The second-order valence-electron chi connectivity index (χ2n) is 9.70. The third-order valence-corrected chi connectivity index (χ3v) is 8.31. The summed E-state index contributed by atoms with van der Waals surface area (Å²) in [4.78, 5) is 36.2. The lowest BCUT2D eigenvalue weighted by Gasteiger charge is -2.36. The number of hydrogen-bond donors (Lipinski definition) is 1. The highest BCUT2D eigenvalue weighted by Gasteiger charge is 2.31. The van der Waals surface area contributed by atoms with Crippen LogP contribution in [0.2, 0.25) is 5.02 Å². The molecule has 0 spiro atoms. The lowest BCUT2D eigenvalue weighted by atomic mass is 9.94. The Bertz CT molecular complexity index is 1250. The van der Waals surface area contributed by atoms with E-state index >= 15 is 0 Å². The molecule has 2 amide bonds. The Morgan fingerprint density at radius 2 is 1.86 bits per heavy atom. The van der Waals surface area contributed by atoms with E-state index in [-0.39, 0.29) is 17.7 Å². The number of nitrogens with zero attached hydrogens (tertiary/aromatic N) is 4. The van der Waals surface area contributed by atoms with E-state index in [1.54, 1.807) is 18.3 Å².